The lowest BCUT2D eigenvalue weighted by molar-refractivity contribution is 0.0593. The number of anilines is 1. The van der Waals surface area contributed by atoms with Crippen molar-refractivity contribution in [3.05, 3.63) is 41.2 Å². The van der Waals surface area contributed by atoms with Gasteiger partial charge in [-0.1, -0.05) is 12.1 Å². The highest BCUT2D eigenvalue weighted by Crippen LogP contribution is 2.33. The monoisotopic (exact) mass is 368 g/mol. The number of aromatic nitrogens is 1. The molecule has 1 saturated heterocycles. The molecule has 0 spiro atoms. The number of nitrogens with zero attached hydrogens (tertiary/aromatic N) is 3. The molecule has 0 amide bonds. The molecule has 2 N–H and O–H groups in total. The Labute approximate surface area is 158 Å². The molecule has 142 valence electrons. The third-order valence-corrected chi connectivity index (χ3v) is 4.98. The van der Waals surface area contributed by atoms with Crippen LogP contribution in [0.5, 0.6) is 5.75 Å². The van der Waals surface area contributed by atoms with E-state index in [-0.39, 0.29) is 16.9 Å². The van der Waals surface area contributed by atoms with Crippen molar-refractivity contribution in [1.29, 1.82) is 5.26 Å². The van der Waals surface area contributed by atoms with Crippen LogP contribution in [0, 0.1) is 11.3 Å². The molecule has 1 aliphatic heterocycles. The lowest BCUT2D eigenvalue weighted by atomic mass is 10.1. The van der Waals surface area contributed by atoms with Gasteiger partial charge >= 0.3 is 5.97 Å². The van der Waals surface area contributed by atoms with Gasteiger partial charge in [0.05, 0.1) is 31.2 Å². The molecule has 1 aromatic heterocycles. The van der Waals surface area contributed by atoms with Crippen molar-refractivity contribution in [2.75, 3.05) is 39.6 Å². The van der Waals surface area contributed by atoms with Crippen LogP contribution in [0.25, 0.3) is 5.69 Å². The molecule has 1 fully saturated rings. The van der Waals surface area contributed by atoms with Gasteiger partial charge in [-0.25, -0.2) is 4.79 Å². The van der Waals surface area contributed by atoms with E-state index in [2.05, 4.69) is 4.90 Å². The van der Waals surface area contributed by atoms with E-state index in [1.54, 1.807) is 17.9 Å². The van der Waals surface area contributed by atoms with Gasteiger partial charge < -0.3 is 24.7 Å². The van der Waals surface area contributed by atoms with E-state index in [1.807, 2.05) is 24.3 Å². The van der Waals surface area contributed by atoms with E-state index in [1.165, 1.54) is 20.0 Å². The second kappa shape index (κ2) is 8.14. The van der Waals surface area contributed by atoms with E-state index < -0.39 is 5.97 Å². The van der Waals surface area contributed by atoms with Gasteiger partial charge in [0.15, 0.2) is 5.69 Å². The SMILES string of the molecule is COC(=O)c1c(N)c(C#N)cn1-c1c(CCN2CCCC2)cccc1OC. The highest BCUT2D eigenvalue weighted by molar-refractivity contribution is 5.96. The molecule has 7 heteroatoms. The molecule has 7 nitrogen and oxygen atoms in total. The van der Waals surface area contributed by atoms with Crippen molar-refractivity contribution < 1.29 is 14.3 Å². The number of hydrogen-bond donors (Lipinski definition) is 1. The van der Waals surface area contributed by atoms with Gasteiger partial charge in [-0.05, 0) is 44.0 Å². The molecule has 0 atom stereocenters. The topological polar surface area (TPSA) is 93.5 Å². The molecule has 0 unspecified atom stereocenters. The molecule has 0 saturated carbocycles. The summed E-state index contributed by atoms with van der Waals surface area (Å²) in [7, 11) is 2.88. The Morgan fingerprint density at radius 1 is 1.30 bits per heavy atom. The fourth-order valence-corrected chi connectivity index (χ4v) is 3.58. The van der Waals surface area contributed by atoms with E-state index in [0.717, 1.165) is 31.6 Å². The van der Waals surface area contributed by atoms with Crippen LogP contribution < -0.4 is 10.5 Å². The Morgan fingerprint density at radius 2 is 2.04 bits per heavy atom. The van der Waals surface area contributed by atoms with Gasteiger partial charge in [0.1, 0.15) is 11.8 Å². The zero-order chi connectivity index (χ0) is 19.4. The van der Waals surface area contributed by atoms with Crippen molar-refractivity contribution in [2.24, 2.45) is 0 Å². The summed E-state index contributed by atoms with van der Waals surface area (Å²) in [5, 5.41) is 9.37. The van der Waals surface area contributed by atoms with Crippen LogP contribution >= 0.6 is 0 Å². The zero-order valence-corrected chi connectivity index (χ0v) is 15.7. The summed E-state index contributed by atoms with van der Waals surface area (Å²) in [6.07, 6.45) is 4.83. The summed E-state index contributed by atoms with van der Waals surface area (Å²) >= 11 is 0. The average Bonchev–Trinajstić information content (AvgIpc) is 3.32. The summed E-state index contributed by atoms with van der Waals surface area (Å²) in [6.45, 7) is 3.15. The van der Waals surface area contributed by atoms with Crippen molar-refractivity contribution in [3.63, 3.8) is 0 Å². The molecule has 0 aliphatic carbocycles. The third kappa shape index (κ3) is 3.62. The first kappa shape index (κ1) is 18.8. The van der Waals surface area contributed by atoms with Gasteiger partial charge in [-0.15, -0.1) is 0 Å². The summed E-state index contributed by atoms with van der Waals surface area (Å²) in [5.41, 5.74) is 8.27. The Morgan fingerprint density at radius 3 is 2.67 bits per heavy atom. The Balaban J connectivity index is 2.10. The fourth-order valence-electron chi connectivity index (χ4n) is 3.58. The maximum Gasteiger partial charge on any atom is 0.357 e. The average molecular weight is 368 g/mol. The standard InChI is InChI=1S/C20H24N4O3/c1-26-16-7-5-6-14(8-11-23-9-3-4-10-23)18(16)24-13-15(12-21)17(22)19(24)20(25)27-2/h5-7,13H,3-4,8-11,22H2,1-2H3. The third-order valence-electron chi connectivity index (χ3n) is 4.98. The fraction of sp³-hybridized carbons (Fsp3) is 0.400. The molecule has 3 rings (SSSR count). The molecule has 27 heavy (non-hydrogen) atoms. The zero-order valence-electron chi connectivity index (χ0n) is 15.7. The lowest BCUT2D eigenvalue weighted by Crippen LogP contribution is -2.22. The molecule has 2 heterocycles. The molecule has 1 aromatic carbocycles. The number of nitrogen functional groups attached to an aromatic ring is 1. The minimum Gasteiger partial charge on any atom is -0.495 e. The number of esters is 1. The van der Waals surface area contributed by atoms with E-state index in [4.69, 9.17) is 15.2 Å². The molecule has 0 bridgehead atoms. The molecular weight excluding hydrogens is 344 g/mol. The summed E-state index contributed by atoms with van der Waals surface area (Å²) in [4.78, 5) is 14.8. The second-order valence-corrected chi connectivity index (χ2v) is 6.55. The van der Waals surface area contributed by atoms with Crippen LogP contribution in [0.1, 0.15) is 34.5 Å². The highest BCUT2D eigenvalue weighted by Gasteiger charge is 2.25. The lowest BCUT2D eigenvalue weighted by Gasteiger charge is -2.19. The quantitative estimate of drug-likeness (QED) is 0.787. The van der Waals surface area contributed by atoms with Gasteiger partial charge in [-0.3, -0.25) is 0 Å². The number of para-hydroxylation sites is 1. The van der Waals surface area contributed by atoms with Gasteiger partial charge in [0.25, 0.3) is 0 Å². The number of likely N-dealkylation sites (tertiary alicyclic amines) is 1. The Bertz CT molecular complexity index is 876. The number of hydrogen-bond acceptors (Lipinski definition) is 6. The van der Waals surface area contributed by atoms with Crippen molar-refractivity contribution in [2.45, 2.75) is 19.3 Å². The van der Waals surface area contributed by atoms with Crippen LogP contribution in [0.15, 0.2) is 24.4 Å². The van der Waals surface area contributed by atoms with Crippen molar-refractivity contribution in [1.82, 2.24) is 9.47 Å². The first-order valence-electron chi connectivity index (χ1n) is 8.98. The number of nitriles is 1. The summed E-state index contributed by atoms with van der Waals surface area (Å²) in [5.74, 6) is 0.0176. The minimum atomic E-state index is -0.592. The van der Waals surface area contributed by atoms with E-state index in [9.17, 15) is 10.1 Å². The Hall–Kier alpha value is -2.98. The molecule has 2 aromatic rings. The molecular formula is C20H24N4O3. The number of carbonyl (C=O) groups is 1. The largest absolute Gasteiger partial charge is 0.495 e. The minimum absolute atomic E-state index is 0.112. The number of ether oxygens (including phenoxy) is 2. The first-order valence-corrected chi connectivity index (χ1v) is 8.98. The van der Waals surface area contributed by atoms with Crippen molar-refractivity contribution >= 4 is 11.7 Å². The van der Waals surface area contributed by atoms with E-state index in [0.29, 0.717) is 11.4 Å². The maximum atomic E-state index is 12.4. The Kier molecular flexibility index (Phi) is 5.67. The van der Waals surface area contributed by atoms with E-state index >= 15 is 0 Å². The maximum absolute atomic E-state index is 12.4. The smallest absolute Gasteiger partial charge is 0.357 e. The predicted octanol–water partition coefficient (Wildman–Crippen LogP) is 2.36. The summed E-state index contributed by atoms with van der Waals surface area (Å²) in [6, 6.07) is 7.81. The first-order chi connectivity index (χ1) is 13.1. The number of nitrogens with two attached hydrogens (primary N) is 1. The van der Waals surface area contributed by atoms with Crippen LogP contribution in [-0.2, 0) is 11.2 Å². The van der Waals surface area contributed by atoms with Crippen LogP contribution in [-0.4, -0.2) is 49.3 Å². The number of carbonyl (C=O) groups excluding carboxylic acids is 1. The van der Waals surface area contributed by atoms with Crippen molar-refractivity contribution in [3.8, 4) is 17.5 Å². The number of benzene rings is 1. The number of rotatable bonds is 6. The van der Waals surface area contributed by atoms with Crippen LogP contribution in [0.2, 0.25) is 0 Å². The number of methoxy groups -OCH3 is 2. The van der Waals surface area contributed by atoms with Gasteiger partial charge in [0, 0.05) is 12.7 Å². The van der Waals surface area contributed by atoms with Gasteiger partial charge in [0.2, 0.25) is 0 Å². The predicted molar refractivity (Wildman–Crippen MR) is 102 cm³/mol. The summed E-state index contributed by atoms with van der Waals surface area (Å²) < 4.78 is 12.1. The molecule has 0 radical (unpaired) electrons. The normalized spacial score (nSPS) is 14.1. The van der Waals surface area contributed by atoms with Crippen LogP contribution in [0.3, 0.4) is 0 Å². The molecule has 1 aliphatic rings. The van der Waals surface area contributed by atoms with Crippen LogP contribution in [0.4, 0.5) is 5.69 Å². The van der Waals surface area contributed by atoms with Gasteiger partial charge in [-0.2, -0.15) is 5.26 Å². The second-order valence-electron chi connectivity index (χ2n) is 6.55. The highest BCUT2D eigenvalue weighted by atomic mass is 16.5.